The first-order chi connectivity index (χ1) is 10.3. The van der Waals surface area contributed by atoms with E-state index in [9.17, 15) is 4.39 Å². The van der Waals surface area contributed by atoms with Crippen molar-refractivity contribution in [3.63, 3.8) is 0 Å². The molecule has 1 aromatic heterocycles. The number of hydrogen-bond acceptors (Lipinski definition) is 5. The van der Waals surface area contributed by atoms with Crippen molar-refractivity contribution in [2.24, 2.45) is 0 Å². The lowest BCUT2D eigenvalue weighted by molar-refractivity contribution is 0.292. The van der Waals surface area contributed by atoms with Crippen LogP contribution in [0.3, 0.4) is 0 Å². The molecule has 21 heavy (non-hydrogen) atoms. The molecule has 1 saturated heterocycles. The first kappa shape index (κ1) is 13.8. The molecule has 6 heteroatoms. The number of ether oxygens (including phenoxy) is 1. The molecule has 3 rings (SSSR count). The molecule has 1 fully saturated rings. The molecule has 0 unspecified atom stereocenters. The number of hydrogen-bond donors (Lipinski definition) is 1. The number of anilines is 1. The fourth-order valence-electron chi connectivity index (χ4n) is 2.19. The summed E-state index contributed by atoms with van der Waals surface area (Å²) in [4.78, 5) is 10.8. The van der Waals surface area contributed by atoms with Crippen LogP contribution in [0.2, 0.25) is 0 Å². The van der Waals surface area contributed by atoms with E-state index in [1.165, 1.54) is 12.1 Å². The highest BCUT2D eigenvalue weighted by Gasteiger charge is 2.12. The van der Waals surface area contributed by atoms with Crippen molar-refractivity contribution in [1.29, 1.82) is 0 Å². The highest BCUT2D eigenvalue weighted by molar-refractivity contribution is 5.38. The number of nitrogens with zero attached hydrogens (tertiary/aromatic N) is 3. The van der Waals surface area contributed by atoms with Crippen LogP contribution < -0.4 is 15.0 Å². The molecular weight excluding hydrogens is 271 g/mol. The molecule has 1 aliphatic rings. The Morgan fingerprint density at radius 2 is 1.90 bits per heavy atom. The van der Waals surface area contributed by atoms with Crippen LogP contribution in [-0.2, 0) is 6.61 Å². The summed E-state index contributed by atoms with van der Waals surface area (Å²) < 4.78 is 18.5. The van der Waals surface area contributed by atoms with E-state index in [-0.39, 0.29) is 5.82 Å². The maximum Gasteiger partial charge on any atom is 0.234 e. The molecule has 0 radical (unpaired) electrons. The molecule has 0 atom stereocenters. The zero-order valence-corrected chi connectivity index (χ0v) is 11.6. The minimum Gasteiger partial charge on any atom is -0.472 e. The second-order valence-corrected chi connectivity index (χ2v) is 4.87. The van der Waals surface area contributed by atoms with E-state index >= 15 is 0 Å². The first-order valence-electron chi connectivity index (χ1n) is 6.96. The molecule has 2 aromatic rings. The van der Waals surface area contributed by atoms with Crippen LogP contribution in [-0.4, -0.2) is 36.1 Å². The molecule has 0 spiro atoms. The van der Waals surface area contributed by atoms with E-state index in [0.717, 1.165) is 37.6 Å². The van der Waals surface area contributed by atoms with Crippen LogP contribution in [0.1, 0.15) is 5.56 Å². The predicted octanol–water partition coefficient (Wildman–Crippen LogP) is 1.60. The van der Waals surface area contributed by atoms with Gasteiger partial charge in [0.05, 0.1) is 12.4 Å². The molecule has 110 valence electrons. The van der Waals surface area contributed by atoms with E-state index in [2.05, 4.69) is 20.2 Å². The number of rotatable bonds is 4. The SMILES string of the molecule is Fc1ccc(COc2cncc(N3CCNCC3)n2)cc1. The van der Waals surface area contributed by atoms with Gasteiger partial charge in [-0.25, -0.2) is 4.39 Å². The molecule has 5 nitrogen and oxygen atoms in total. The highest BCUT2D eigenvalue weighted by atomic mass is 19.1. The summed E-state index contributed by atoms with van der Waals surface area (Å²) in [5.74, 6) is 1.06. The van der Waals surface area contributed by atoms with Crippen LogP contribution in [0.4, 0.5) is 10.2 Å². The summed E-state index contributed by atoms with van der Waals surface area (Å²) >= 11 is 0. The Balaban J connectivity index is 1.64. The van der Waals surface area contributed by atoms with E-state index in [1.54, 1.807) is 24.5 Å². The van der Waals surface area contributed by atoms with Gasteiger partial charge in [0.2, 0.25) is 5.88 Å². The lowest BCUT2D eigenvalue weighted by Crippen LogP contribution is -2.43. The molecule has 1 aromatic carbocycles. The Labute approximate surface area is 122 Å². The van der Waals surface area contributed by atoms with Gasteiger partial charge < -0.3 is 15.0 Å². The maximum atomic E-state index is 12.8. The van der Waals surface area contributed by atoms with Crippen molar-refractivity contribution in [3.8, 4) is 5.88 Å². The Morgan fingerprint density at radius 1 is 1.14 bits per heavy atom. The van der Waals surface area contributed by atoms with E-state index in [0.29, 0.717) is 12.5 Å². The number of aromatic nitrogens is 2. The Kier molecular flexibility index (Phi) is 4.25. The third-order valence-corrected chi connectivity index (χ3v) is 3.34. The molecule has 1 N–H and O–H groups in total. The lowest BCUT2D eigenvalue weighted by Gasteiger charge is -2.28. The highest BCUT2D eigenvalue weighted by Crippen LogP contribution is 2.15. The summed E-state index contributed by atoms with van der Waals surface area (Å²) in [5, 5.41) is 3.30. The molecule has 1 aliphatic heterocycles. The summed E-state index contributed by atoms with van der Waals surface area (Å²) in [5.41, 5.74) is 0.894. The fraction of sp³-hybridized carbons (Fsp3) is 0.333. The smallest absolute Gasteiger partial charge is 0.234 e. The summed E-state index contributed by atoms with van der Waals surface area (Å²) in [6.07, 6.45) is 3.34. The average Bonchev–Trinajstić information content (AvgIpc) is 2.55. The van der Waals surface area contributed by atoms with Gasteiger partial charge in [-0.2, -0.15) is 4.98 Å². The van der Waals surface area contributed by atoms with Crippen molar-refractivity contribution >= 4 is 5.82 Å². The zero-order chi connectivity index (χ0) is 14.5. The van der Waals surface area contributed by atoms with E-state index in [1.807, 2.05) is 0 Å². The van der Waals surface area contributed by atoms with Gasteiger partial charge in [-0.3, -0.25) is 4.98 Å². The van der Waals surface area contributed by atoms with Gasteiger partial charge in [-0.15, -0.1) is 0 Å². The topological polar surface area (TPSA) is 50.3 Å². The third-order valence-electron chi connectivity index (χ3n) is 3.34. The number of nitrogens with one attached hydrogen (secondary N) is 1. The van der Waals surface area contributed by atoms with Crippen LogP contribution in [0, 0.1) is 5.82 Å². The first-order valence-corrected chi connectivity index (χ1v) is 6.96. The Hall–Kier alpha value is -2.21. The van der Waals surface area contributed by atoms with Crippen molar-refractivity contribution < 1.29 is 9.13 Å². The maximum absolute atomic E-state index is 12.8. The van der Waals surface area contributed by atoms with Gasteiger partial charge in [0.1, 0.15) is 12.4 Å². The summed E-state index contributed by atoms with van der Waals surface area (Å²) in [7, 11) is 0. The van der Waals surface area contributed by atoms with Gasteiger partial charge in [-0.1, -0.05) is 12.1 Å². The number of benzene rings is 1. The van der Waals surface area contributed by atoms with Crippen molar-refractivity contribution in [2.45, 2.75) is 6.61 Å². The normalized spacial score (nSPS) is 15.0. The number of halogens is 1. The fourth-order valence-corrected chi connectivity index (χ4v) is 2.19. The van der Waals surface area contributed by atoms with Gasteiger partial charge in [0.15, 0.2) is 5.82 Å². The van der Waals surface area contributed by atoms with Crippen molar-refractivity contribution in [3.05, 3.63) is 48.0 Å². The predicted molar refractivity (Wildman–Crippen MR) is 77.8 cm³/mol. The third kappa shape index (κ3) is 3.66. The van der Waals surface area contributed by atoms with Gasteiger partial charge in [0.25, 0.3) is 0 Å². The van der Waals surface area contributed by atoms with Crippen LogP contribution in [0.5, 0.6) is 5.88 Å². The van der Waals surface area contributed by atoms with Crippen molar-refractivity contribution in [2.75, 3.05) is 31.1 Å². The van der Waals surface area contributed by atoms with Crippen molar-refractivity contribution in [1.82, 2.24) is 15.3 Å². The Bertz CT molecular complexity index is 584. The number of piperazine rings is 1. The second kappa shape index (κ2) is 6.49. The summed E-state index contributed by atoms with van der Waals surface area (Å²) in [6, 6.07) is 6.23. The van der Waals surface area contributed by atoms with Crippen LogP contribution >= 0.6 is 0 Å². The Morgan fingerprint density at radius 3 is 2.67 bits per heavy atom. The monoisotopic (exact) mass is 288 g/mol. The van der Waals surface area contributed by atoms with E-state index in [4.69, 9.17) is 4.74 Å². The molecule has 0 amide bonds. The van der Waals surface area contributed by atoms with Crippen LogP contribution in [0.25, 0.3) is 0 Å². The minimum absolute atomic E-state index is 0.251. The largest absolute Gasteiger partial charge is 0.472 e. The molecule has 0 bridgehead atoms. The second-order valence-electron chi connectivity index (χ2n) is 4.87. The average molecular weight is 288 g/mol. The van der Waals surface area contributed by atoms with Gasteiger partial charge in [-0.05, 0) is 17.7 Å². The minimum atomic E-state index is -0.251. The quantitative estimate of drug-likeness (QED) is 0.926. The van der Waals surface area contributed by atoms with Gasteiger partial charge >= 0.3 is 0 Å². The zero-order valence-electron chi connectivity index (χ0n) is 11.6. The molecule has 0 aliphatic carbocycles. The van der Waals surface area contributed by atoms with Crippen LogP contribution in [0.15, 0.2) is 36.7 Å². The molecule has 0 saturated carbocycles. The lowest BCUT2D eigenvalue weighted by atomic mass is 10.2. The van der Waals surface area contributed by atoms with E-state index < -0.39 is 0 Å². The standard InChI is InChI=1S/C15H17FN4O/c16-13-3-1-12(2-4-13)11-21-15-10-18-9-14(19-15)20-7-5-17-6-8-20/h1-4,9-10,17H,5-8,11H2. The van der Waals surface area contributed by atoms with Gasteiger partial charge in [0, 0.05) is 26.2 Å². The molecular formula is C15H17FN4O. The molecule has 2 heterocycles. The summed E-state index contributed by atoms with van der Waals surface area (Å²) in [6.45, 7) is 4.07.